The van der Waals surface area contributed by atoms with Crippen molar-refractivity contribution in [2.24, 2.45) is 0 Å². The number of aryl methyl sites for hydroxylation is 5. The maximum atomic E-state index is 8.37. The van der Waals surface area contributed by atoms with Crippen molar-refractivity contribution in [2.75, 3.05) is 0 Å². The zero-order chi connectivity index (χ0) is 32.5. The van der Waals surface area contributed by atoms with Crippen LogP contribution in [0.25, 0.3) is 55.6 Å². The normalized spacial score (nSPS) is 16.2. The molecule has 0 spiro atoms. The first-order valence-corrected chi connectivity index (χ1v) is 11.6. The number of para-hydroxylation sites is 1. The largest absolute Gasteiger partial charge is 0.437 e. The molecule has 6 aromatic rings. The van der Waals surface area contributed by atoms with E-state index in [0.29, 0.717) is 49.9 Å². The van der Waals surface area contributed by atoms with E-state index in [9.17, 15) is 0 Å². The lowest BCUT2D eigenvalue weighted by atomic mass is 9.89. The maximum absolute atomic E-state index is 8.37. The van der Waals surface area contributed by atoms with E-state index >= 15 is 0 Å². The van der Waals surface area contributed by atoms with Gasteiger partial charge in [-0.3, -0.25) is 4.98 Å². The summed E-state index contributed by atoms with van der Waals surface area (Å²) in [7, 11) is 0. The van der Waals surface area contributed by atoms with Crippen LogP contribution in [0.3, 0.4) is 0 Å². The lowest BCUT2D eigenvalue weighted by molar-refractivity contribution is 0.653. The fraction of sp³-hybridized carbons (Fsp3) is 0.152. The molecule has 0 radical (unpaired) electrons. The van der Waals surface area contributed by atoms with E-state index in [1.165, 1.54) is 12.3 Å². The summed E-state index contributed by atoms with van der Waals surface area (Å²) in [6, 6.07) is 21.1. The summed E-state index contributed by atoms with van der Waals surface area (Å²) in [6.45, 7) is -3.67. The molecule has 0 fully saturated rings. The van der Waals surface area contributed by atoms with Gasteiger partial charge in [0.25, 0.3) is 0 Å². The third-order valence-electron chi connectivity index (χ3n) is 6.63. The molecule has 176 valence electrons. The molecule has 0 saturated carbocycles. The van der Waals surface area contributed by atoms with Gasteiger partial charge in [0.15, 0.2) is 0 Å². The molecule has 0 aliphatic heterocycles. The molecule has 6 rings (SSSR count). The molecule has 0 aliphatic rings. The SMILES string of the molecule is [2H]C([2H])([2H])c1ccc2c(n1)oc1c(-c3cc(-c4cc(C([2H])([2H])[2H])c(-c5ccccc5C)cc4C)c(C([2H])([2H])[2H])cn3)cccc12. The van der Waals surface area contributed by atoms with Crippen molar-refractivity contribution >= 4 is 22.1 Å². The Labute approximate surface area is 224 Å². The Morgan fingerprint density at radius 1 is 0.639 bits per heavy atom. The number of nitrogens with zero attached hydrogens (tertiary/aromatic N) is 2. The van der Waals surface area contributed by atoms with Gasteiger partial charge in [-0.05, 0) is 103 Å². The minimum absolute atomic E-state index is 0.0183. The Morgan fingerprint density at radius 2 is 1.42 bits per heavy atom. The van der Waals surface area contributed by atoms with E-state index in [1.54, 1.807) is 36.4 Å². The van der Waals surface area contributed by atoms with Crippen LogP contribution in [0.2, 0.25) is 0 Å². The van der Waals surface area contributed by atoms with Crippen molar-refractivity contribution in [2.45, 2.75) is 34.4 Å². The maximum Gasteiger partial charge on any atom is 0.227 e. The van der Waals surface area contributed by atoms with Crippen LogP contribution in [-0.2, 0) is 0 Å². The van der Waals surface area contributed by atoms with Gasteiger partial charge in [0.2, 0.25) is 5.71 Å². The molecule has 0 unspecified atom stereocenters. The quantitative estimate of drug-likeness (QED) is 0.255. The standard InChI is InChI=1S/C33H28N2O/c1-19-9-6-7-10-24(19)28-15-21(3)29(16-20(28)2)30-17-31(34-18-22(30)4)27-12-8-11-25-26-14-13-23(5)35-33(26)36-32(25)27/h6-18H,1-5H3/i2D3,4D3,5D3. The predicted octanol–water partition coefficient (Wildman–Crippen LogP) is 8.92. The van der Waals surface area contributed by atoms with Crippen molar-refractivity contribution in [3.05, 3.63) is 107 Å². The first-order valence-electron chi connectivity index (χ1n) is 16.1. The summed E-state index contributed by atoms with van der Waals surface area (Å²) in [5, 5.41) is 1.32. The van der Waals surface area contributed by atoms with Crippen LogP contribution in [0, 0.1) is 34.4 Å². The van der Waals surface area contributed by atoms with Crippen LogP contribution >= 0.6 is 0 Å². The van der Waals surface area contributed by atoms with Crippen molar-refractivity contribution in [1.29, 1.82) is 0 Å². The summed E-state index contributed by atoms with van der Waals surface area (Å²) in [6.07, 6.45) is 1.30. The van der Waals surface area contributed by atoms with E-state index in [4.69, 9.17) is 16.8 Å². The van der Waals surface area contributed by atoms with E-state index in [1.807, 2.05) is 44.2 Å². The van der Waals surface area contributed by atoms with Crippen LogP contribution < -0.4 is 0 Å². The number of benzene rings is 3. The topological polar surface area (TPSA) is 38.9 Å². The van der Waals surface area contributed by atoms with Gasteiger partial charge in [-0.2, -0.15) is 0 Å². The van der Waals surface area contributed by atoms with E-state index in [0.717, 1.165) is 11.1 Å². The lowest BCUT2D eigenvalue weighted by Crippen LogP contribution is -1.95. The van der Waals surface area contributed by atoms with Gasteiger partial charge in [0.05, 0.1) is 5.69 Å². The van der Waals surface area contributed by atoms with Crippen LogP contribution in [0.5, 0.6) is 0 Å². The third-order valence-corrected chi connectivity index (χ3v) is 6.63. The first-order chi connectivity index (χ1) is 21.0. The third kappa shape index (κ3) is 3.59. The smallest absolute Gasteiger partial charge is 0.227 e. The summed E-state index contributed by atoms with van der Waals surface area (Å²) < 4.78 is 79.2. The monoisotopic (exact) mass is 477 g/mol. The molecular weight excluding hydrogens is 440 g/mol. The summed E-state index contributed by atoms with van der Waals surface area (Å²) in [5.41, 5.74) is 5.30. The molecule has 0 saturated heterocycles. The number of fused-ring (bicyclic) bond motifs is 3. The minimum Gasteiger partial charge on any atom is -0.437 e. The molecule has 0 aliphatic carbocycles. The average molecular weight is 478 g/mol. The number of aromatic nitrogens is 2. The zero-order valence-electron chi connectivity index (χ0n) is 28.8. The number of furan rings is 1. The molecule has 0 amide bonds. The van der Waals surface area contributed by atoms with Gasteiger partial charge in [-0.25, -0.2) is 4.98 Å². The Bertz CT molecular complexity index is 2110. The lowest BCUT2D eigenvalue weighted by Gasteiger charge is -2.16. The molecule has 0 N–H and O–H groups in total. The molecular formula is C33H28N2O. The van der Waals surface area contributed by atoms with Gasteiger partial charge in [0, 0.05) is 40.6 Å². The van der Waals surface area contributed by atoms with Crippen LogP contribution in [0.4, 0.5) is 0 Å². The van der Waals surface area contributed by atoms with Gasteiger partial charge in [0.1, 0.15) is 5.58 Å². The van der Waals surface area contributed by atoms with Crippen molar-refractivity contribution in [3.8, 4) is 33.5 Å². The van der Waals surface area contributed by atoms with Gasteiger partial charge >= 0.3 is 0 Å². The van der Waals surface area contributed by atoms with Gasteiger partial charge < -0.3 is 4.42 Å². The summed E-state index contributed by atoms with van der Waals surface area (Å²) >= 11 is 0. The molecule has 0 bridgehead atoms. The molecule has 0 atom stereocenters. The second kappa shape index (κ2) is 8.46. The second-order valence-corrected chi connectivity index (χ2v) is 8.98. The summed E-state index contributed by atoms with van der Waals surface area (Å²) in [5.74, 6) is 0. The van der Waals surface area contributed by atoms with Crippen molar-refractivity contribution < 1.29 is 16.8 Å². The minimum atomic E-state index is -2.54. The van der Waals surface area contributed by atoms with Gasteiger partial charge in [-0.1, -0.05) is 48.5 Å². The first kappa shape index (κ1) is 14.4. The second-order valence-electron chi connectivity index (χ2n) is 8.98. The fourth-order valence-electron chi connectivity index (χ4n) is 4.80. The van der Waals surface area contributed by atoms with Crippen LogP contribution in [0.15, 0.2) is 83.4 Å². The van der Waals surface area contributed by atoms with E-state index < -0.39 is 20.6 Å². The van der Waals surface area contributed by atoms with Crippen LogP contribution in [0.1, 0.15) is 40.3 Å². The highest BCUT2D eigenvalue weighted by atomic mass is 16.3. The molecule has 3 aromatic carbocycles. The molecule has 3 nitrogen and oxygen atoms in total. The molecule has 3 heterocycles. The summed E-state index contributed by atoms with van der Waals surface area (Å²) in [4.78, 5) is 8.75. The molecule has 3 heteroatoms. The highest BCUT2D eigenvalue weighted by Gasteiger charge is 2.17. The average Bonchev–Trinajstić information content (AvgIpc) is 3.34. The fourth-order valence-corrected chi connectivity index (χ4v) is 4.80. The van der Waals surface area contributed by atoms with Crippen molar-refractivity contribution in [3.63, 3.8) is 0 Å². The van der Waals surface area contributed by atoms with E-state index in [2.05, 4.69) is 9.97 Å². The number of hydrogen-bond acceptors (Lipinski definition) is 3. The van der Waals surface area contributed by atoms with E-state index in [-0.39, 0.29) is 22.5 Å². The number of rotatable bonds is 3. The highest BCUT2D eigenvalue weighted by molar-refractivity contribution is 6.08. The zero-order valence-corrected chi connectivity index (χ0v) is 19.8. The number of hydrogen-bond donors (Lipinski definition) is 0. The molecule has 3 aromatic heterocycles. The van der Waals surface area contributed by atoms with Crippen LogP contribution in [-0.4, -0.2) is 9.97 Å². The predicted molar refractivity (Wildman–Crippen MR) is 149 cm³/mol. The number of pyridine rings is 2. The Kier molecular flexibility index (Phi) is 3.37. The highest BCUT2D eigenvalue weighted by Crippen LogP contribution is 2.38. The van der Waals surface area contributed by atoms with Crippen molar-refractivity contribution in [1.82, 2.24) is 9.97 Å². The van der Waals surface area contributed by atoms with Gasteiger partial charge in [-0.15, -0.1) is 0 Å². The Morgan fingerprint density at radius 3 is 2.25 bits per heavy atom. The Balaban J connectivity index is 1.60. The molecule has 36 heavy (non-hydrogen) atoms. The Hall–Kier alpha value is -4.24.